The van der Waals surface area contributed by atoms with Crippen LogP contribution < -0.4 is 21.9 Å². The first kappa shape index (κ1) is 19.5. The number of hydrogen-bond acceptors (Lipinski definition) is 7. The summed E-state index contributed by atoms with van der Waals surface area (Å²) in [5.41, 5.74) is -1.02. The van der Waals surface area contributed by atoms with Crippen molar-refractivity contribution < 1.29 is 8.78 Å². The second-order valence-corrected chi connectivity index (χ2v) is 6.17. The third-order valence-corrected chi connectivity index (χ3v) is 4.16. The van der Waals surface area contributed by atoms with Gasteiger partial charge in [0.1, 0.15) is 0 Å². The standard InChI is InChI=1S/C17H19F2N7O2/c1-20-6-3-7-21-16-22-13-14(23-24-16)26(17(28)25(2)15(13)27)9-10-4-5-11(18)12(19)8-10/h4-5,8,20H,3,6-7,9H2,1-2H3,(H,21,22,24). The van der Waals surface area contributed by atoms with Crippen LogP contribution in [0.3, 0.4) is 0 Å². The molecule has 0 unspecified atom stereocenters. The van der Waals surface area contributed by atoms with Crippen molar-refractivity contribution in [2.45, 2.75) is 13.0 Å². The van der Waals surface area contributed by atoms with Crippen molar-refractivity contribution in [3.05, 3.63) is 56.2 Å². The number of anilines is 1. The molecule has 9 nitrogen and oxygen atoms in total. The summed E-state index contributed by atoms with van der Waals surface area (Å²) in [5.74, 6) is -1.85. The smallest absolute Gasteiger partial charge is 0.332 e. The van der Waals surface area contributed by atoms with Gasteiger partial charge in [0.05, 0.1) is 6.54 Å². The van der Waals surface area contributed by atoms with Gasteiger partial charge in [-0.05, 0) is 37.7 Å². The molecule has 2 N–H and O–H groups in total. The topological polar surface area (TPSA) is 107 Å². The largest absolute Gasteiger partial charge is 0.353 e. The highest BCUT2D eigenvalue weighted by atomic mass is 19.2. The summed E-state index contributed by atoms with van der Waals surface area (Å²) in [6.45, 7) is 1.25. The number of rotatable bonds is 7. The second-order valence-electron chi connectivity index (χ2n) is 6.17. The van der Waals surface area contributed by atoms with Crippen LogP contribution in [0.15, 0.2) is 27.8 Å². The Morgan fingerprint density at radius 2 is 1.89 bits per heavy atom. The molecule has 0 saturated heterocycles. The molecule has 11 heteroatoms. The fourth-order valence-electron chi connectivity index (χ4n) is 2.67. The lowest BCUT2D eigenvalue weighted by Crippen LogP contribution is -2.39. The van der Waals surface area contributed by atoms with Crippen LogP contribution in [0.5, 0.6) is 0 Å². The number of halogens is 2. The Morgan fingerprint density at radius 1 is 1.11 bits per heavy atom. The Hall–Kier alpha value is -3.21. The zero-order valence-electron chi connectivity index (χ0n) is 15.4. The predicted molar refractivity (Wildman–Crippen MR) is 99.3 cm³/mol. The molecule has 0 radical (unpaired) electrons. The molecule has 0 amide bonds. The molecule has 0 fully saturated rings. The molecule has 0 aliphatic heterocycles. The van der Waals surface area contributed by atoms with E-state index in [-0.39, 0.29) is 23.7 Å². The molecule has 0 spiro atoms. The van der Waals surface area contributed by atoms with Crippen LogP contribution in [0.1, 0.15) is 12.0 Å². The Morgan fingerprint density at radius 3 is 2.61 bits per heavy atom. The molecule has 3 rings (SSSR count). The third kappa shape index (κ3) is 3.88. The van der Waals surface area contributed by atoms with Gasteiger partial charge in [-0.15, -0.1) is 10.2 Å². The number of benzene rings is 1. The van der Waals surface area contributed by atoms with Gasteiger partial charge in [-0.25, -0.2) is 18.6 Å². The Bertz CT molecular complexity index is 1130. The minimum Gasteiger partial charge on any atom is -0.353 e. The molecule has 1 aromatic carbocycles. The third-order valence-electron chi connectivity index (χ3n) is 4.16. The molecule has 0 bridgehead atoms. The molecule has 0 aliphatic carbocycles. The average Bonchev–Trinajstić information content (AvgIpc) is 2.69. The normalized spacial score (nSPS) is 11.1. The first-order valence-corrected chi connectivity index (χ1v) is 8.59. The quantitative estimate of drug-likeness (QED) is 0.556. The SMILES string of the molecule is CNCCCNc1nnc2c(n1)c(=O)n(C)c(=O)n2Cc1ccc(F)c(F)c1. The molecular formula is C17H19F2N7O2. The second kappa shape index (κ2) is 8.21. The average molecular weight is 391 g/mol. The highest BCUT2D eigenvalue weighted by molar-refractivity contribution is 5.69. The van der Waals surface area contributed by atoms with E-state index in [1.165, 1.54) is 13.1 Å². The van der Waals surface area contributed by atoms with Crippen molar-refractivity contribution in [3.8, 4) is 0 Å². The van der Waals surface area contributed by atoms with E-state index in [1.807, 2.05) is 7.05 Å². The van der Waals surface area contributed by atoms with Crippen LogP contribution in [-0.4, -0.2) is 44.5 Å². The summed E-state index contributed by atoms with van der Waals surface area (Å²) < 4.78 is 28.7. The summed E-state index contributed by atoms with van der Waals surface area (Å²) in [4.78, 5) is 29.2. The molecule has 2 aromatic heterocycles. The molecule has 0 atom stereocenters. The number of nitrogens with zero attached hydrogens (tertiary/aromatic N) is 5. The lowest BCUT2D eigenvalue weighted by Gasteiger charge is -2.11. The highest BCUT2D eigenvalue weighted by Gasteiger charge is 2.16. The van der Waals surface area contributed by atoms with Crippen LogP contribution in [0, 0.1) is 11.6 Å². The molecule has 148 valence electrons. The van der Waals surface area contributed by atoms with Crippen molar-refractivity contribution in [2.75, 3.05) is 25.5 Å². The van der Waals surface area contributed by atoms with E-state index < -0.39 is 22.9 Å². The number of aromatic nitrogens is 5. The molecule has 28 heavy (non-hydrogen) atoms. The maximum atomic E-state index is 13.5. The van der Waals surface area contributed by atoms with Gasteiger partial charge in [-0.2, -0.15) is 0 Å². The number of nitrogens with one attached hydrogen (secondary N) is 2. The minimum absolute atomic E-state index is 0.0291. The Balaban J connectivity index is 2.03. The van der Waals surface area contributed by atoms with Gasteiger partial charge < -0.3 is 10.6 Å². The summed E-state index contributed by atoms with van der Waals surface area (Å²) >= 11 is 0. The first-order chi connectivity index (χ1) is 13.4. The van der Waals surface area contributed by atoms with Crippen molar-refractivity contribution in [1.29, 1.82) is 0 Å². The van der Waals surface area contributed by atoms with E-state index in [4.69, 9.17) is 0 Å². The van der Waals surface area contributed by atoms with Crippen LogP contribution in [-0.2, 0) is 13.6 Å². The molecule has 0 aliphatic rings. The number of hydrogen-bond donors (Lipinski definition) is 2. The zero-order chi connectivity index (χ0) is 20.3. The van der Waals surface area contributed by atoms with Gasteiger partial charge in [0.25, 0.3) is 5.56 Å². The van der Waals surface area contributed by atoms with Gasteiger partial charge >= 0.3 is 5.69 Å². The molecule has 0 saturated carbocycles. The minimum atomic E-state index is -1.03. The lowest BCUT2D eigenvalue weighted by molar-refractivity contribution is 0.506. The van der Waals surface area contributed by atoms with E-state index in [1.54, 1.807) is 0 Å². The van der Waals surface area contributed by atoms with E-state index in [2.05, 4.69) is 25.8 Å². The monoisotopic (exact) mass is 391 g/mol. The van der Waals surface area contributed by atoms with Crippen LogP contribution >= 0.6 is 0 Å². The summed E-state index contributed by atoms with van der Waals surface area (Å²) in [6, 6.07) is 3.30. The van der Waals surface area contributed by atoms with Crippen molar-refractivity contribution in [3.63, 3.8) is 0 Å². The zero-order valence-corrected chi connectivity index (χ0v) is 15.4. The Kier molecular flexibility index (Phi) is 5.73. The summed E-state index contributed by atoms with van der Waals surface area (Å²) in [6.07, 6.45) is 0.811. The van der Waals surface area contributed by atoms with Gasteiger partial charge in [-0.1, -0.05) is 6.07 Å². The van der Waals surface area contributed by atoms with Gasteiger partial charge in [0.2, 0.25) is 5.95 Å². The maximum absolute atomic E-state index is 13.5. The van der Waals surface area contributed by atoms with E-state index in [0.717, 1.165) is 34.2 Å². The lowest BCUT2D eigenvalue weighted by atomic mass is 10.2. The van der Waals surface area contributed by atoms with E-state index in [9.17, 15) is 18.4 Å². The first-order valence-electron chi connectivity index (χ1n) is 8.59. The van der Waals surface area contributed by atoms with Gasteiger partial charge in [0.15, 0.2) is 22.8 Å². The van der Waals surface area contributed by atoms with Crippen molar-refractivity contribution >= 4 is 17.1 Å². The predicted octanol–water partition coefficient (Wildman–Crippen LogP) is 0.233. The van der Waals surface area contributed by atoms with Crippen LogP contribution in [0.4, 0.5) is 14.7 Å². The fourth-order valence-corrected chi connectivity index (χ4v) is 2.67. The highest BCUT2D eigenvalue weighted by Crippen LogP contribution is 2.11. The molecule has 3 aromatic rings. The van der Waals surface area contributed by atoms with Gasteiger partial charge in [0, 0.05) is 13.6 Å². The van der Waals surface area contributed by atoms with E-state index in [0.29, 0.717) is 12.1 Å². The van der Waals surface area contributed by atoms with Crippen LogP contribution in [0.25, 0.3) is 11.2 Å². The fraction of sp³-hybridized carbons (Fsp3) is 0.353. The van der Waals surface area contributed by atoms with E-state index >= 15 is 0 Å². The summed E-state index contributed by atoms with van der Waals surface area (Å²) in [7, 11) is 3.15. The molecular weight excluding hydrogens is 372 g/mol. The van der Waals surface area contributed by atoms with Crippen LogP contribution in [0.2, 0.25) is 0 Å². The van der Waals surface area contributed by atoms with Crippen molar-refractivity contribution in [1.82, 2.24) is 29.6 Å². The van der Waals surface area contributed by atoms with Gasteiger partial charge in [-0.3, -0.25) is 13.9 Å². The molecule has 2 heterocycles. The number of fused-ring (bicyclic) bond motifs is 1. The Labute approximate surface area is 158 Å². The van der Waals surface area contributed by atoms with Crippen molar-refractivity contribution in [2.24, 2.45) is 7.05 Å². The summed E-state index contributed by atoms with van der Waals surface area (Å²) in [5, 5.41) is 13.9. The maximum Gasteiger partial charge on any atom is 0.332 e.